The fraction of sp³-hybridized carbons (Fsp3) is 0. The summed E-state index contributed by atoms with van der Waals surface area (Å²) in [6.07, 6.45) is 5.05. The molecule has 0 aliphatic heterocycles. The first-order valence-electron chi connectivity index (χ1n) is 9.96. The van der Waals surface area contributed by atoms with Crippen molar-refractivity contribution in [3.63, 3.8) is 0 Å². The number of aromatic amines is 1. The molecule has 10 nitrogen and oxygen atoms in total. The maximum absolute atomic E-state index is 5.86. The molecule has 150 valence electrons. The second kappa shape index (κ2) is 5.43. The molecule has 0 saturated heterocycles. The van der Waals surface area contributed by atoms with Crippen molar-refractivity contribution < 1.29 is 4.42 Å². The Hall–Kier alpha value is -4.86. The third-order valence-corrected chi connectivity index (χ3v) is 5.77. The Bertz CT molecular complexity index is 1860. The molecular formula is C22H11N9O. The molecule has 0 atom stereocenters. The molecule has 0 bridgehead atoms. The van der Waals surface area contributed by atoms with Crippen LogP contribution in [0.25, 0.3) is 67.5 Å². The van der Waals surface area contributed by atoms with Crippen LogP contribution in [0.5, 0.6) is 0 Å². The van der Waals surface area contributed by atoms with E-state index >= 15 is 0 Å². The zero-order valence-electron chi connectivity index (χ0n) is 16.3. The van der Waals surface area contributed by atoms with Crippen molar-refractivity contribution >= 4 is 56.1 Å². The Morgan fingerprint density at radius 3 is 2.72 bits per heavy atom. The lowest BCUT2D eigenvalue weighted by atomic mass is 10.2. The quantitative estimate of drug-likeness (QED) is 0.432. The van der Waals surface area contributed by atoms with Gasteiger partial charge in [-0.05, 0) is 30.3 Å². The number of aromatic nitrogens is 9. The molecule has 6 heterocycles. The van der Waals surface area contributed by atoms with E-state index in [1.807, 2.05) is 51.3 Å². The molecular weight excluding hydrogens is 406 g/mol. The highest BCUT2D eigenvalue weighted by atomic mass is 16.4. The van der Waals surface area contributed by atoms with E-state index < -0.39 is 0 Å². The summed E-state index contributed by atoms with van der Waals surface area (Å²) < 4.78 is 9.80. The average molecular weight is 417 g/mol. The zero-order valence-corrected chi connectivity index (χ0v) is 16.3. The summed E-state index contributed by atoms with van der Waals surface area (Å²) in [5.41, 5.74) is 7.39. The van der Waals surface area contributed by atoms with Crippen LogP contribution in [-0.2, 0) is 0 Å². The number of rotatable bonds is 1. The van der Waals surface area contributed by atoms with E-state index in [1.165, 1.54) is 6.33 Å². The normalized spacial score (nSPS) is 12.4. The van der Waals surface area contributed by atoms with E-state index in [0.29, 0.717) is 28.7 Å². The smallest absolute Gasteiger partial charge is 0.309 e. The first kappa shape index (κ1) is 15.9. The Labute approximate surface area is 177 Å². The van der Waals surface area contributed by atoms with Crippen molar-refractivity contribution in [2.45, 2.75) is 0 Å². The predicted octanol–water partition coefficient (Wildman–Crippen LogP) is 3.76. The summed E-state index contributed by atoms with van der Waals surface area (Å²) in [4.78, 5) is 30.1. The zero-order chi connectivity index (χ0) is 20.8. The van der Waals surface area contributed by atoms with Crippen LogP contribution in [-0.4, -0.2) is 43.7 Å². The van der Waals surface area contributed by atoms with Gasteiger partial charge < -0.3 is 9.40 Å². The Morgan fingerprint density at radius 2 is 1.72 bits per heavy atom. The third kappa shape index (κ3) is 1.93. The van der Waals surface area contributed by atoms with Crippen LogP contribution in [0.1, 0.15) is 0 Å². The standard InChI is InChI=1S/C22H11N9O/c1-2-4-17-14(3-1)31-16-9-24-18(27-20(16)29-22(31)32-17)11-5-6-13-12(7-11)26-21-28-19-15(30(13)21)8-23-10-25-19/h1-10H,(H,23,25,26,28). The minimum absolute atomic E-state index is 0.503. The lowest BCUT2D eigenvalue weighted by Crippen LogP contribution is -1.91. The number of hydrogen-bond donors (Lipinski definition) is 1. The van der Waals surface area contributed by atoms with Crippen LogP contribution in [0.2, 0.25) is 0 Å². The molecule has 0 radical (unpaired) electrons. The Morgan fingerprint density at radius 1 is 0.781 bits per heavy atom. The van der Waals surface area contributed by atoms with Gasteiger partial charge in [0.05, 0.1) is 28.9 Å². The molecule has 8 rings (SSSR count). The molecule has 8 aromatic rings. The SMILES string of the molecule is c1ccc2c(c1)oc1nc3nc(-c4ccc5c(c4)[nH]c4nc6ncncc6n45)ncc3n12. The number of nitrogens with zero attached hydrogens (tertiary/aromatic N) is 8. The van der Waals surface area contributed by atoms with Gasteiger partial charge in [0.1, 0.15) is 17.4 Å². The molecule has 0 aliphatic rings. The van der Waals surface area contributed by atoms with Gasteiger partial charge in [-0.25, -0.2) is 19.9 Å². The van der Waals surface area contributed by atoms with Gasteiger partial charge in [0.15, 0.2) is 22.7 Å². The first-order chi connectivity index (χ1) is 15.8. The second-order valence-electron chi connectivity index (χ2n) is 7.56. The van der Waals surface area contributed by atoms with Gasteiger partial charge in [-0.1, -0.05) is 12.1 Å². The van der Waals surface area contributed by atoms with E-state index in [-0.39, 0.29) is 0 Å². The molecule has 1 N–H and O–H groups in total. The topological polar surface area (TPSA) is 115 Å². The van der Waals surface area contributed by atoms with E-state index in [1.54, 1.807) is 12.4 Å². The van der Waals surface area contributed by atoms with Gasteiger partial charge in [0, 0.05) is 5.56 Å². The number of fused-ring (bicyclic) bond motifs is 10. The van der Waals surface area contributed by atoms with Gasteiger partial charge in [0.25, 0.3) is 0 Å². The molecule has 0 saturated carbocycles. The van der Waals surface area contributed by atoms with Crippen LogP contribution < -0.4 is 0 Å². The maximum atomic E-state index is 5.86. The molecule has 6 aromatic heterocycles. The van der Waals surface area contributed by atoms with E-state index in [0.717, 1.165) is 38.7 Å². The summed E-state index contributed by atoms with van der Waals surface area (Å²) in [6.45, 7) is 0. The number of oxazole rings is 1. The van der Waals surface area contributed by atoms with Crippen molar-refractivity contribution in [3.05, 3.63) is 61.2 Å². The summed E-state index contributed by atoms with van der Waals surface area (Å²) in [5.74, 6) is 1.80. The number of nitrogens with one attached hydrogen (secondary N) is 1. The highest BCUT2D eigenvalue weighted by Gasteiger charge is 2.16. The van der Waals surface area contributed by atoms with Gasteiger partial charge in [-0.3, -0.25) is 8.80 Å². The number of para-hydroxylation sites is 2. The molecule has 10 heteroatoms. The lowest BCUT2D eigenvalue weighted by Gasteiger charge is -2.01. The largest absolute Gasteiger partial charge is 0.423 e. The summed E-state index contributed by atoms with van der Waals surface area (Å²) in [6, 6.07) is 13.8. The molecule has 0 aliphatic carbocycles. The highest BCUT2D eigenvalue weighted by molar-refractivity contribution is 5.91. The summed E-state index contributed by atoms with van der Waals surface area (Å²) >= 11 is 0. The van der Waals surface area contributed by atoms with Gasteiger partial charge in [0.2, 0.25) is 5.78 Å². The average Bonchev–Trinajstić information content (AvgIpc) is 3.54. The van der Waals surface area contributed by atoms with Crippen LogP contribution in [0.15, 0.2) is 65.6 Å². The van der Waals surface area contributed by atoms with Gasteiger partial charge in [-0.15, -0.1) is 0 Å². The second-order valence-corrected chi connectivity index (χ2v) is 7.56. The van der Waals surface area contributed by atoms with Gasteiger partial charge in [-0.2, -0.15) is 9.97 Å². The molecule has 32 heavy (non-hydrogen) atoms. The van der Waals surface area contributed by atoms with Gasteiger partial charge >= 0.3 is 5.84 Å². The van der Waals surface area contributed by atoms with Crippen molar-refractivity contribution in [2.24, 2.45) is 0 Å². The molecule has 0 amide bonds. The number of benzene rings is 2. The van der Waals surface area contributed by atoms with Crippen LogP contribution in [0.4, 0.5) is 0 Å². The number of hydrogen-bond acceptors (Lipinski definition) is 7. The van der Waals surface area contributed by atoms with Crippen molar-refractivity contribution in [1.29, 1.82) is 0 Å². The Balaban J connectivity index is 1.32. The monoisotopic (exact) mass is 417 g/mol. The first-order valence-corrected chi connectivity index (χ1v) is 9.96. The third-order valence-electron chi connectivity index (χ3n) is 5.77. The van der Waals surface area contributed by atoms with Crippen LogP contribution >= 0.6 is 0 Å². The Kier molecular flexibility index (Phi) is 2.70. The fourth-order valence-electron chi connectivity index (χ4n) is 4.36. The van der Waals surface area contributed by atoms with Crippen LogP contribution in [0, 0.1) is 0 Å². The maximum Gasteiger partial charge on any atom is 0.309 e. The lowest BCUT2D eigenvalue weighted by molar-refractivity contribution is 0.643. The summed E-state index contributed by atoms with van der Waals surface area (Å²) in [7, 11) is 0. The number of imidazole rings is 3. The van der Waals surface area contributed by atoms with E-state index in [9.17, 15) is 0 Å². The number of H-pyrrole nitrogens is 1. The molecule has 0 fully saturated rings. The van der Waals surface area contributed by atoms with Crippen molar-refractivity contribution in [3.8, 4) is 11.4 Å². The van der Waals surface area contributed by atoms with Crippen molar-refractivity contribution in [2.75, 3.05) is 0 Å². The summed E-state index contributed by atoms with van der Waals surface area (Å²) in [5, 5.41) is 0. The fourth-order valence-corrected chi connectivity index (χ4v) is 4.36. The van der Waals surface area contributed by atoms with E-state index in [2.05, 4.69) is 29.9 Å². The molecule has 2 aromatic carbocycles. The highest BCUT2D eigenvalue weighted by Crippen LogP contribution is 2.28. The van der Waals surface area contributed by atoms with Crippen molar-refractivity contribution in [1.82, 2.24) is 43.7 Å². The molecule has 0 unspecified atom stereocenters. The van der Waals surface area contributed by atoms with E-state index in [4.69, 9.17) is 9.40 Å². The predicted molar refractivity (Wildman–Crippen MR) is 117 cm³/mol. The van der Waals surface area contributed by atoms with Crippen LogP contribution in [0.3, 0.4) is 0 Å². The molecule has 0 spiro atoms. The minimum Gasteiger partial charge on any atom is -0.423 e. The minimum atomic E-state index is 0.503.